The summed E-state index contributed by atoms with van der Waals surface area (Å²) in [6, 6.07) is 1.15. The summed E-state index contributed by atoms with van der Waals surface area (Å²) in [4.78, 5) is 33.3. The van der Waals surface area contributed by atoms with E-state index in [1.165, 1.54) is 0 Å². The molecule has 1 unspecified atom stereocenters. The summed E-state index contributed by atoms with van der Waals surface area (Å²) in [6.07, 6.45) is 0.719. The number of nitrogens with one attached hydrogen (secondary N) is 2. The molecule has 3 N–H and O–H groups in total. The SMILES string of the molecule is Cc1cc(CNC2CCC(=O)NC2=O)oc1C(=O)O. The smallest absolute Gasteiger partial charge is 0.372 e. The van der Waals surface area contributed by atoms with Gasteiger partial charge in [0.2, 0.25) is 17.6 Å². The molecule has 1 aliphatic heterocycles. The molecule has 0 aliphatic carbocycles. The Morgan fingerprint density at radius 3 is 2.89 bits per heavy atom. The topological polar surface area (TPSA) is 109 Å². The molecule has 1 aliphatic rings. The molecule has 1 aromatic heterocycles. The van der Waals surface area contributed by atoms with Crippen molar-refractivity contribution in [3.05, 3.63) is 23.2 Å². The van der Waals surface area contributed by atoms with Gasteiger partial charge >= 0.3 is 5.97 Å². The van der Waals surface area contributed by atoms with Gasteiger partial charge in [-0.2, -0.15) is 0 Å². The molecule has 7 nitrogen and oxygen atoms in total. The second-order valence-electron chi connectivity index (χ2n) is 4.41. The van der Waals surface area contributed by atoms with Crippen LogP contribution in [-0.2, 0) is 16.1 Å². The molecule has 0 aromatic carbocycles. The summed E-state index contributed by atoms with van der Waals surface area (Å²) in [5, 5.41) is 14.0. The van der Waals surface area contributed by atoms with Crippen molar-refractivity contribution in [1.29, 1.82) is 0 Å². The molecule has 0 saturated carbocycles. The zero-order valence-corrected chi connectivity index (χ0v) is 10.4. The van der Waals surface area contributed by atoms with Gasteiger partial charge in [0.1, 0.15) is 5.76 Å². The molecular formula is C12H14N2O5. The lowest BCUT2D eigenvalue weighted by Crippen LogP contribution is -2.50. The second kappa shape index (κ2) is 5.23. The van der Waals surface area contributed by atoms with Gasteiger partial charge in [0.25, 0.3) is 0 Å². The number of furan rings is 1. The van der Waals surface area contributed by atoms with Gasteiger partial charge in [0.15, 0.2) is 0 Å². The molecule has 2 amide bonds. The molecule has 2 rings (SSSR count). The van der Waals surface area contributed by atoms with Gasteiger partial charge in [-0.1, -0.05) is 0 Å². The van der Waals surface area contributed by atoms with Crippen molar-refractivity contribution in [3.63, 3.8) is 0 Å². The highest BCUT2D eigenvalue weighted by molar-refractivity contribution is 6.00. The Balaban J connectivity index is 1.95. The van der Waals surface area contributed by atoms with E-state index in [-0.39, 0.29) is 24.1 Å². The first-order valence-electron chi connectivity index (χ1n) is 5.87. The number of piperidine rings is 1. The fourth-order valence-corrected chi connectivity index (χ4v) is 1.96. The van der Waals surface area contributed by atoms with Crippen LogP contribution in [0.1, 0.15) is 34.7 Å². The lowest BCUT2D eigenvalue weighted by Gasteiger charge is -2.21. The number of rotatable bonds is 4. The molecule has 1 atom stereocenters. The Morgan fingerprint density at radius 2 is 2.32 bits per heavy atom. The van der Waals surface area contributed by atoms with Crippen LogP contribution in [0.4, 0.5) is 0 Å². The van der Waals surface area contributed by atoms with Crippen molar-refractivity contribution in [2.24, 2.45) is 0 Å². The number of aryl methyl sites for hydroxylation is 1. The zero-order valence-electron chi connectivity index (χ0n) is 10.4. The summed E-state index contributed by atoms with van der Waals surface area (Å²) in [5.74, 6) is -1.41. The number of carboxylic acids is 1. The Kier molecular flexibility index (Phi) is 3.66. The summed E-state index contributed by atoms with van der Waals surface area (Å²) in [5.41, 5.74) is 0.535. The van der Waals surface area contributed by atoms with Gasteiger partial charge < -0.3 is 9.52 Å². The Bertz CT molecular complexity index is 534. The van der Waals surface area contributed by atoms with E-state index in [9.17, 15) is 14.4 Å². The highest BCUT2D eigenvalue weighted by Gasteiger charge is 2.26. The normalized spacial score (nSPS) is 19.3. The average molecular weight is 266 g/mol. The highest BCUT2D eigenvalue weighted by atomic mass is 16.4. The Hall–Kier alpha value is -2.15. The van der Waals surface area contributed by atoms with Crippen LogP contribution in [0.3, 0.4) is 0 Å². The fourth-order valence-electron chi connectivity index (χ4n) is 1.96. The maximum atomic E-state index is 11.5. The summed E-state index contributed by atoms with van der Waals surface area (Å²) >= 11 is 0. The van der Waals surface area contributed by atoms with Gasteiger partial charge in [-0.3, -0.25) is 20.2 Å². The van der Waals surface area contributed by atoms with Gasteiger partial charge in [-0.05, 0) is 19.4 Å². The molecule has 7 heteroatoms. The number of amides is 2. The predicted molar refractivity (Wildman–Crippen MR) is 63.4 cm³/mol. The molecule has 19 heavy (non-hydrogen) atoms. The summed E-state index contributed by atoms with van der Waals surface area (Å²) < 4.78 is 5.16. The summed E-state index contributed by atoms with van der Waals surface area (Å²) in [7, 11) is 0. The zero-order chi connectivity index (χ0) is 14.0. The van der Waals surface area contributed by atoms with Crippen LogP contribution >= 0.6 is 0 Å². The van der Waals surface area contributed by atoms with Crippen molar-refractivity contribution in [2.75, 3.05) is 0 Å². The van der Waals surface area contributed by atoms with Crippen molar-refractivity contribution < 1.29 is 23.9 Å². The average Bonchev–Trinajstić information content (AvgIpc) is 2.69. The lowest BCUT2D eigenvalue weighted by atomic mass is 10.1. The van der Waals surface area contributed by atoms with Crippen molar-refractivity contribution in [3.8, 4) is 0 Å². The molecule has 1 saturated heterocycles. The largest absolute Gasteiger partial charge is 0.475 e. The maximum Gasteiger partial charge on any atom is 0.372 e. The number of imide groups is 1. The van der Waals surface area contributed by atoms with Crippen LogP contribution < -0.4 is 10.6 Å². The lowest BCUT2D eigenvalue weighted by molar-refractivity contribution is -0.134. The number of hydrogen-bond donors (Lipinski definition) is 3. The first-order valence-corrected chi connectivity index (χ1v) is 5.87. The van der Waals surface area contributed by atoms with Gasteiger partial charge in [0.05, 0.1) is 12.6 Å². The van der Waals surface area contributed by atoms with Gasteiger partial charge in [0, 0.05) is 12.0 Å². The van der Waals surface area contributed by atoms with E-state index in [4.69, 9.17) is 9.52 Å². The Labute approximate surface area is 109 Å². The minimum absolute atomic E-state index is 0.0972. The molecule has 0 spiro atoms. The van der Waals surface area contributed by atoms with Crippen LogP contribution in [0, 0.1) is 6.92 Å². The first kappa shape index (κ1) is 13.3. The quantitative estimate of drug-likeness (QED) is 0.671. The monoisotopic (exact) mass is 266 g/mol. The number of hydrogen-bond acceptors (Lipinski definition) is 5. The number of carbonyl (C=O) groups is 3. The van der Waals surface area contributed by atoms with Crippen LogP contribution in [0.2, 0.25) is 0 Å². The Morgan fingerprint density at radius 1 is 1.58 bits per heavy atom. The minimum atomic E-state index is -1.12. The molecule has 0 radical (unpaired) electrons. The van der Waals surface area contributed by atoms with E-state index in [2.05, 4.69) is 10.6 Å². The highest BCUT2D eigenvalue weighted by Crippen LogP contribution is 2.15. The van der Waals surface area contributed by atoms with Gasteiger partial charge in [-0.25, -0.2) is 4.79 Å². The van der Waals surface area contributed by atoms with Crippen molar-refractivity contribution >= 4 is 17.8 Å². The molecular weight excluding hydrogens is 252 g/mol. The number of aromatic carboxylic acids is 1. The molecule has 1 aromatic rings. The molecule has 0 bridgehead atoms. The van der Waals surface area contributed by atoms with Crippen LogP contribution in [0.5, 0.6) is 0 Å². The van der Waals surface area contributed by atoms with E-state index >= 15 is 0 Å². The minimum Gasteiger partial charge on any atom is -0.475 e. The fraction of sp³-hybridized carbons (Fsp3) is 0.417. The molecule has 102 valence electrons. The van der Waals surface area contributed by atoms with E-state index in [0.29, 0.717) is 24.2 Å². The van der Waals surface area contributed by atoms with E-state index < -0.39 is 12.0 Å². The van der Waals surface area contributed by atoms with E-state index in [1.807, 2.05) is 0 Å². The standard InChI is InChI=1S/C12H14N2O5/c1-6-4-7(19-10(6)12(17)18)5-13-8-2-3-9(15)14-11(8)16/h4,8,13H,2-3,5H2,1H3,(H,17,18)(H,14,15,16). The first-order chi connectivity index (χ1) is 8.97. The third-order valence-electron chi connectivity index (χ3n) is 2.92. The second-order valence-corrected chi connectivity index (χ2v) is 4.41. The van der Waals surface area contributed by atoms with Crippen LogP contribution in [0.15, 0.2) is 10.5 Å². The van der Waals surface area contributed by atoms with E-state index in [0.717, 1.165) is 0 Å². The third kappa shape index (κ3) is 3.00. The van der Waals surface area contributed by atoms with Gasteiger partial charge in [-0.15, -0.1) is 0 Å². The van der Waals surface area contributed by atoms with Crippen LogP contribution in [-0.4, -0.2) is 28.9 Å². The molecule has 1 fully saturated rings. The van der Waals surface area contributed by atoms with Crippen molar-refractivity contribution in [1.82, 2.24) is 10.6 Å². The molecule has 2 heterocycles. The summed E-state index contributed by atoms with van der Waals surface area (Å²) in [6.45, 7) is 1.88. The third-order valence-corrected chi connectivity index (χ3v) is 2.92. The van der Waals surface area contributed by atoms with Crippen molar-refractivity contribution in [2.45, 2.75) is 32.4 Å². The predicted octanol–water partition coefficient (Wildman–Crippen LogP) is 0.181. The number of carboxylic acid groups (broad SMARTS) is 1. The maximum absolute atomic E-state index is 11.5. The van der Waals surface area contributed by atoms with E-state index in [1.54, 1.807) is 13.0 Å². The van der Waals surface area contributed by atoms with Crippen LogP contribution in [0.25, 0.3) is 0 Å². The number of carbonyl (C=O) groups excluding carboxylic acids is 2.